The molecule has 0 fully saturated rings. The van der Waals surface area contributed by atoms with Crippen LogP contribution in [0.2, 0.25) is 0 Å². The summed E-state index contributed by atoms with van der Waals surface area (Å²) in [6.45, 7) is 0. The molecule has 12 rings (SSSR count). The first-order valence-corrected chi connectivity index (χ1v) is 18.5. The summed E-state index contributed by atoms with van der Waals surface area (Å²) in [5.74, 6) is 0. The fourth-order valence-corrected chi connectivity index (χ4v) is 9.85. The first kappa shape index (κ1) is 28.1. The molecular weight excluding hydrogens is 653 g/mol. The minimum atomic E-state index is 1.04. The van der Waals surface area contributed by atoms with Crippen LogP contribution in [0, 0.1) is 0 Å². The predicted molar refractivity (Wildman–Crippen MR) is 220 cm³/mol. The summed E-state index contributed by atoms with van der Waals surface area (Å²) < 4.78 is 9.65. The second-order valence-corrected chi connectivity index (χ2v) is 14.6. The average Bonchev–Trinajstić information content (AvgIpc) is 3.94. The van der Waals surface area contributed by atoms with E-state index in [1.165, 1.54) is 80.2 Å². The van der Waals surface area contributed by atoms with Gasteiger partial charge in [-0.25, -0.2) is 0 Å². The normalized spacial score (nSPS) is 12.2. The molecule has 0 aliphatic rings. The largest absolute Gasteiger partial charge is 0.309 e. The van der Waals surface area contributed by atoms with Crippen molar-refractivity contribution in [3.05, 3.63) is 170 Å². The Kier molecular flexibility index (Phi) is 5.62. The van der Waals surface area contributed by atoms with Crippen LogP contribution >= 0.6 is 11.3 Å². The van der Waals surface area contributed by atoms with Crippen LogP contribution in [0.1, 0.15) is 0 Å². The zero-order valence-corrected chi connectivity index (χ0v) is 28.7. The smallest absolute Gasteiger partial charge is 0.0910 e. The van der Waals surface area contributed by atoms with Gasteiger partial charge in [0.25, 0.3) is 0 Å². The lowest BCUT2D eigenvalue weighted by Gasteiger charge is -2.11. The summed E-state index contributed by atoms with van der Waals surface area (Å²) in [7, 11) is 0. The molecule has 0 aliphatic carbocycles. The van der Waals surface area contributed by atoms with Gasteiger partial charge in [0.1, 0.15) is 0 Å². The maximum absolute atomic E-state index is 5.04. The molecule has 4 nitrogen and oxygen atoms in total. The highest BCUT2D eigenvalue weighted by Gasteiger charge is 2.20. The van der Waals surface area contributed by atoms with Gasteiger partial charge in [0.2, 0.25) is 0 Å². The third-order valence-electron chi connectivity index (χ3n) is 10.9. The molecule has 0 N–H and O–H groups in total. The molecule has 0 amide bonds. The van der Waals surface area contributed by atoms with Crippen LogP contribution in [-0.2, 0) is 0 Å². The van der Waals surface area contributed by atoms with Gasteiger partial charge in [-0.3, -0.25) is 4.98 Å². The van der Waals surface area contributed by atoms with Crippen molar-refractivity contribution >= 4 is 97.1 Å². The summed E-state index contributed by atoms with van der Waals surface area (Å²) in [5, 5.41) is 8.71. The Hall–Kier alpha value is -6.69. The number of benzene rings is 7. The molecule has 5 heterocycles. The lowest BCUT2D eigenvalue weighted by molar-refractivity contribution is 1.17. The number of hydrogen-bond donors (Lipinski definition) is 0. The topological polar surface area (TPSA) is 27.7 Å². The fraction of sp³-hybridized carbons (Fsp3) is 0. The van der Waals surface area contributed by atoms with Crippen LogP contribution < -0.4 is 0 Å². The maximum Gasteiger partial charge on any atom is 0.0910 e. The van der Waals surface area contributed by atoms with Gasteiger partial charge in [-0.2, -0.15) is 0 Å². The van der Waals surface area contributed by atoms with E-state index >= 15 is 0 Å². The second kappa shape index (κ2) is 10.4. The highest BCUT2D eigenvalue weighted by atomic mass is 32.1. The van der Waals surface area contributed by atoms with E-state index in [9.17, 15) is 0 Å². The Labute approximate surface area is 301 Å². The summed E-state index contributed by atoms with van der Waals surface area (Å²) in [4.78, 5) is 5.04. The second-order valence-electron chi connectivity index (χ2n) is 13.6. The number of fused-ring (bicyclic) bond motifs is 12. The van der Waals surface area contributed by atoms with Crippen LogP contribution in [0.3, 0.4) is 0 Å². The van der Waals surface area contributed by atoms with E-state index in [1.54, 1.807) is 0 Å². The number of hydrogen-bond acceptors (Lipinski definition) is 2. The molecule has 0 spiro atoms. The van der Waals surface area contributed by atoms with Crippen LogP contribution in [0.5, 0.6) is 0 Å². The van der Waals surface area contributed by atoms with Crippen molar-refractivity contribution in [3.63, 3.8) is 0 Å². The average molecular weight is 681 g/mol. The quantitative estimate of drug-likeness (QED) is 0.182. The number of thiophene rings is 1. The summed E-state index contributed by atoms with van der Waals surface area (Å²) >= 11 is 1.82. The molecule has 0 aliphatic heterocycles. The Bertz CT molecular complexity index is 3320. The Morgan fingerprint density at radius 1 is 0.365 bits per heavy atom. The first-order valence-electron chi connectivity index (χ1n) is 17.6. The highest BCUT2D eigenvalue weighted by molar-refractivity contribution is 7.26. The van der Waals surface area contributed by atoms with Crippen molar-refractivity contribution in [1.29, 1.82) is 0 Å². The Balaban J connectivity index is 1.09. The van der Waals surface area contributed by atoms with Crippen molar-refractivity contribution in [2.75, 3.05) is 0 Å². The van der Waals surface area contributed by atoms with Crippen LogP contribution in [0.15, 0.2) is 170 Å². The Morgan fingerprint density at radius 3 is 1.33 bits per heavy atom. The molecule has 52 heavy (non-hydrogen) atoms. The minimum absolute atomic E-state index is 1.04. The molecule has 0 unspecified atom stereocenters. The zero-order chi connectivity index (χ0) is 33.9. The number of nitrogens with zero attached hydrogens (tertiary/aromatic N) is 4. The van der Waals surface area contributed by atoms with Gasteiger partial charge in [-0.05, 0) is 72.8 Å². The van der Waals surface area contributed by atoms with E-state index in [-0.39, 0.29) is 0 Å². The molecule has 5 heteroatoms. The predicted octanol–water partition coefficient (Wildman–Crippen LogP) is 12.7. The van der Waals surface area contributed by atoms with Crippen molar-refractivity contribution < 1.29 is 0 Å². The molecule has 12 aromatic rings. The summed E-state index contributed by atoms with van der Waals surface area (Å²) in [5.41, 5.74) is 11.7. The molecule has 5 aromatic heterocycles. The van der Waals surface area contributed by atoms with Crippen molar-refractivity contribution in [3.8, 4) is 17.1 Å². The molecular formula is C47H28N4S. The van der Waals surface area contributed by atoms with E-state index in [4.69, 9.17) is 4.98 Å². The molecule has 0 saturated heterocycles. The number of aromatic nitrogens is 4. The van der Waals surface area contributed by atoms with Gasteiger partial charge in [-0.1, -0.05) is 91.0 Å². The van der Waals surface area contributed by atoms with Gasteiger partial charge in [0.15, 0.2) is 0 Å². The number of rotatable bonds is 3. The molecule has 7 aromatic carbocycles. The minimum Gasteiger partial charge on any atom is -0.309 e. The molecule has 0 saturated carbocycles. The SMILES string of the molecule is c1ccc2c(c1)c1ccccc1n2-c1ccc2sc3c(-n4c5ccccc5c5cc(-n6c7ccccc7c7ccccc76)ccc54)ccnc3c2c1. The van der Waals surface area contributed by atoms with Gasteiger partial charge in [0.05, 0.1) is 49.0 Å². The molecule has 242 valence electrons. The lowest BCUT2D eigenvalue weighted by Crippen LogP contribution is -1.96. The standard InChI is InChI=1S/C47H28N4S/c1-6-16-38-31(11-1)32-12-2-7-17-39(32)49(38)29-21-23-43-36(27-29)35-15-5-10-20-42(35)51(43)44-25-26-48-46-37-28-30(22-24-45(37)52-47(44)46)50-40-18-8-3-13-33(40)34-14-4-9-19-41(34)50/h1-28H. The number of pyridine rings is 1. The monoisotopic (exact) mass is 680 g/mol. The fourth-order valence-electron chi connectivity index (χ4n) is 8.71. The maximum atomic E-state index is 5.04. The number of para-hydroxylation sites is 5. The summed E-state index contributed by atoms with van der Waals surface area (Å²) in [6.07, 6.45) is 1.98. The van der Waals surface area contributed by atoms with E-state index in [0.29, 0.717) is 0 Å². The highest BCUT2D eigenvalue weighted by Crippen LogP contribution is 2.42. The third kappa shape index (κ3) is 3.72. The Morgan fingerprint density at radius 2 is 0.788 bits per heavy atom. The van der Waals surface area contributed by atoms with Gasteiger partial charge >= 0.3 is 0 Å². The van der Waals surface area contributed by atoms with E-state index in [1.807, 2.05) is 17.5 Å². The zero-order valence-electron chi connectivity index (χ0n) is 27.9. The van der Waals surface area contributed by atoms with Crippen molar-refractivity contribution in [2.45, 2.75) is 0 Å². The van der Waals surface area contributed by atoms with Gasteiger partial charge < -0.3 is 13.7 Å². The summed E-state index contributed by atoms with van der Waals surface area (Å²) in [6, 6.07) is 59.6. The van der Waals surface area contributed by atoms with Crippen LogP contribution in [-0.4, -0.2) is 18.7 Å². The van der Waals surface area contributed by atoms with Crippen molar-refractivity contribution in [1.82, 2.24) is 18.7 Å². The van der Waals surface area contributed by atoms with Gasteiger partial charge in [-0.15, -0.1) is 11.3 Å². The van der Waals surface area contributed by atoms with Crippen molar-refractivity contribution in [2.24, 2.45) is 0 Å². The van der Waals surface area contributed by atoms with E-state index < -0.39 is 0 Å². The third-order valence-corrected chi connectivity index (χ3v) is 12.1. The lowest BCUT2D eigenvalue weighted by atomic mass is 10.1. The molecule has 0 radical (unpaired) electrons. The van der Waals surface area contributed by atoms with E-state index in [2.05, 4.69) is 177 Å². The van der Waals surface area contributed by atoms with E-state index in [0.717, 1.165) is 22.6 Å². The first-order chi connectivity index (χ1) is 25.8. The van der Waals surface area contributed by atoms with Gasteiger partial charge in [0, 0.05) is 60.0 Å². The van der Waals surface area contributed by atoms with Crippen LogP contribution in [0.4, 0.5) is 0 Å². The molecule has 0 bridgehead atoms. The van der Waals surface area contributed by atoms with Crippen LogP contribution in [0.25, 0.3) is 103 Å². The molecule has 0 atom stereocenters.